The third kappa shape index (κ3) is 9.81. The molecule has 0 saturated heterocycles. The third-order valence-corrected chi connectivity index (χ3v) is 4.06. The molecule has 0 aromatic rings. The van der Waals surface area contributed by atoms with Crippen LogP contribution in [0.4, 0.5) is 0 Å². The Bertz CT molecular complexity index is 166. The fraction of sp³-hybridized carbons (Fsp3) is 0.500. The van der Waals surface area contributed by atoms with Crippen molar-refractivity contribution in [2.24, 2.45) is 9.98 Å². The van der Waals surface area contributed by atoms with Crippen molar-refractivity contribution in [3.05, 3.63) is 0 Å². The molecule has 11 heavy (non-hydrogen) atoms. The molecule has 0 aliphatic rings. The molecule has 0 saturated carbocycles. The quantitative estimate of drug-likeness (QED) is 0.287. The number of nitrogens with zero attached hydrogens (tertiary/aromatic N) is 2. The average Bonchev–Trinajstić information content (AvgIpc) is 2.03. The average molecular weight is 208 g/mol. The van der Waals surface area contributed by atoms with Crippen LogP contribution in [0.2, 0.25) is 0 Å². The number of isocyanates is 2. The van der Waals surface area contributed by atoms with Gasteiger partial charge in [-0.1, -0.05) is 21.6 Å². The van der Waals surface area contributed by atoms with Crippen molar-refractivity contribution in [2.45, 2.75) is 0 Å². The summed E-state index contributed by atoms with van der Waals surface area (Å²) in [7, 11) is 4.20. The Labute approximate surface area is 75.1 Å². The van der Waals surface area contributed by atoms with Crippen molar-refractivity contribution in [2.75, 3.05) is 11.8 Å². The standard InChI is InChI=1S/C4H4N2O2S3/c7-1-5-3-9-11-10-4-6-2-8/h3-4H2. The summed E-state index contributed by atoms with van der Waals surface area (Å²) in [4.78, 5) is 25.7. The minimum Gasteiger partial charge on any atom is -0.211 e. The SMILES string of the molecule is O=C=NCSSSCN=C=O. The Morgan fingerprint density at radius 1 is 1.00 bits per heavy atom. The molecule has 0 spiro atoms. The Kier molecular flexibility index (Phi) is 9.64. The van der Waals surface area contributed by atoms with Crippen LogP contribution >= 0.6 is 31.4 Å². The first kappa shape index (κ1) is 10.8. The molecule has 0 heterocycles. The summed E-state index contributed by atoms with van der Waals surface area (Å²) in [6.45, 7) is 0. The van der Waals surface area contributed by atoms with E-state index in [9.17, 15) is 9.59 Å². The van der Waals surface area contributed by atoms with Gasteiger partial charge in [0, 0.05) is 0 Å². The van der Waals surface area contributed by atoms with Gasteiger partial charge in [0.25, 0.3) is 0 Å². The molecule has 7 heteroatoms. The Morgan fingerprint density at radius 2 is 1.45 bits per heavy atom. The van der Waals surface area contributed by atoms with Crippen LogP contribution in [0.25, 0.3) is 0 Å². The second-order valence-electron chi connectivity index (χ2n) is 1.06. The van der Waals surface area contributed by atoms with Crippen molar-refractivity contribution >= 4 is 43.6 Å². The van der Waals surface area contributed by atoms with Crippen LogP contribution in [0.1, 0.15) is 0 Å². The Morgan fingerprint density at radius 3 is 1.82 bits per heavy atom. The maximum absolute atomic E-state index is 9.55. The summed E-state index contributed by atoms with van der Waals surface area (Å²) < 4.78 is 0. The van der Waals surface area contributed by atoms with Crippen molar-refractivity contribution in [3.63, 3.8) is 0 Å². The number of hydrogen-bond acceptors (Lipinski definition) is 7. The predicted molar refractivity (Wildman–Crippen MR) is 48.8 cm³/mol. The highest BCUT2D eigenvalue weighted by atomic mass is 33.5. The van der Waals surface area contributed by atoms with Crippen LogP contribution in [-0.4, -0.2) is 23.9 Å². The van der Waals surface area contributed by atoms with Crippen LogP contribution in [0.15, 0.2) is 9.98 Å². The van der Waals surface area contributed by atoms with E-state index in [-0.39, 0.29) is 0 Å². The zero-order chi connectivity index (χ0) is 8.36. The Hall–Kier alpha value is -0.190. The minimum absolute atomic E-state index is 0.381. The molecule has 0 unspecified atom stereocenters. The van der Waals surface area contributed by atoms with E-state index in [2.05, 4.69) is 9.98 Å². The largest absolute Gasteiger partial charge is 0.235 e. The molecule has 60 valence electrons. The normalized spacial score (nSPS) is 8.00. The third-order valence-electron chi connectivity index (χ3n) is 0.460. The van der Waals surface area contributed by atoms with Gasteiger partial charge in [-0.15, -0.1) is 0 Å². The summed E-state index contributed by atoms with van der Waals surface area (Å²) in [6, 6.07) is 0. The van der Waals surface area contributed by atoms with Crippen LogP contribution < -0.4 is 0 Å². The van der Waals surface area contributed by atoms with E-state index in [4.69, 9.17) is 0 Å². The van der Waals surface area contributed by atoms with E-state index in [1.54, 1.807) is 0 Å². The fourth-order valence-corrected chi connectivity index (χ4v) is 2.71. The van der Waals surface area contributed by atoms with Crippen molar-refractivity contribution in [3.8, 4) is 0 Å². The first-order valence-electron chi connectivity index (χ1n) is 2.40. The second-order valence-corrected chi connectivity index (χ2v) is 5.23. The van der Waals surface area contributed by atoms with Gasteiger partial charge in [-0.3, -0.25) is 0 Å². The lowest BCUT2D eigenvalue weighted by molar-refractivity contribution is 0.563. The van der Waals surface area contributed by atoms with Gasteiger partial charge in [0.05, 0.1) is 0 Å². The molecule has 0 N–H and O–H groups in total. The van der Waals surface area contributed by atoms with Crippen LogP contribution in [0.3, 0.4) is 0 Å². The highest BCUT2D eigenvalue weighted by Gasteiger charge is 1.87. The predicted octanol–water partition coefficient (Wildman–Crippen LogP) is 1.60. The van der Waals surface area contributed by atoms with Gasteiger partial charge in [0.2, 0.25) is 12.2 Å². The van der Waals surface area contributed by atoms with Gasteiger partial charge in [-0.25, -0.2) is 9.59 Å². The van der Waals surface area contributed by atoms with Gasteiger partial charge < -0.3 is 0 Å². The van der Waals surface area contributed by atoms with Gasteiger partial charge in [-0.2, -0.15) is 9.98 Å². The second kappa shape index (κ2) is 9.81. The lowest BCUT2D eigenvalue weighted by Gasteiger charge is -1.89. The molecule has 0 aliphatic heterocycles. The zero-order valence-corrected chi connectivity index (χ0v) is 7.80. The van der Waals surface area contributed by atoms with Gasteiger partial charge in [0.1, 0.15) is 11.8 Å². The molecule has 0 radical (unpaired) electrons. The van der Waals surface area contributed by atoms with Crippen LogP contribution in [-0.2, 0) is 9.59 Å². The van der Waals surface area contributed by atoms with Crippen LogP contribution in [0, 0.1) is 0 Å². The lowest BCUT2D eigenvalue weighted by Crippen LogP contribution is -1.65. The molecule has 0 atom stereocenters. The molecule has 0 aliphatic carbocycles. The highest BCUT2D eigenvalue weighted by Crippen LogP contribution is 2.33. The number of rotatable bonds is 6. The topological polar surface area (TPSA) is 58.9 Å². The van der Waals surface area contributed by atoms with E-state index < -0.39 is 0 Å². The van der Waals surface area contributed by atoms with Gasteiger partial charge >= 0.3 is 0 Å². The van der Waals surface area contributed by atoms with Crippen molar-refractivity contribution < 1.29 is 9.59 Å². The highest BCUT2D eigenvalue weighted by molar-refractivity contribution is 9.09. The Balaban J connectivity index is 3.02. The molecule has 4 nitrogen and oxygen atoms in total. The van der Waals surface area contributed by atoms with E-state index in [0.29, 0.717) is 11.8 Å². The first-order chi connectivity index (χ1) is 5.41. The van der Waals surface area contributed by atoms with E-state index >= 15 is 0 Å². The summed E-state index contributed by atoms with van der Waals surface area (Å²) in [5.41, 5.74) is 0. The summed E-state index contributed by atoms with van der Waals surface area (Å²) in [6.07, 6.45) is 2.83. The molecular weight excluding hydrogens is 204 g/mol. The van der Waals surface area contributed by atoms with Crippen LogP contribution in [0.5, 0.6) is 0 Å². The minimum atomic E-state index is 0.381. The maximum Gasteiger partial charge on any atom is 0.235 e. The van der Waals surface area contributed by atoms with Gasteiger partial charge in [-0.05, 0) is 9.83 Å². The zero-order valence-electron chi connectivity index (χ0n) is 5.35. The molecule has 0 aromatic carbocycles. The molecule has 0 amide bonds. The molecule has 0 fully saturated rings. The fourth-order valence-electron chi connectivity index (χ4n) is 0.182. The maximum atomic E-state index is 9.55. The lowest BCUT2D eigenvalue weighted by atomic mass is 11.4. The van der Waals surface area contributed by atoms with E-state index in [1.807, 2.05) is 0 Å². The molecular formula is C4H4N2O2S3. The van der Waals surface area contributed by atoms with E-state index in [1.165, 1.54) is 43.6 Å². The number of hydrogen-bond donors (Lipinski definition) is 0. The monoisotopic (exact) mass is 208 g/mol. The molecule has 0 aromatic heterocycles. The van der Waals surface area contributed by atoms with Crippen molar-refractivity contribution in [1.29, 1.82) is 0 Å². The number of aliphatic imine (C=N–C) groups is 2. The summed E-state index contributed by atoms with van der Waals surface area (Å²) >= 11 is 0. The smallest absolute Gasteiger partial charge is 0.211 e. The van der Waals surface area contributed by atoms with Gasteiger partial charge in [0.15, 0.2) is 0 Å². The first-order valence-corrected chi connectivity index (χ1v) is 6.22. The van der Waals surface area contributed by atoms with E-state index in [0.717, 1.165) is 0 Å². The molecule has 0 bridgehead atoms. The molecule has 0 rings (SSSR count). The summed E-state index contributed by atoms with van der Waals surface area (Å²) in [5.74, 6) is 0.762. The summed E-state index contributed by atoms with van der Waals surface area (Å²) in [5, 5.41) is 0. The number of carbonyl (C=O) groups excluding carboxylic acids is 2. The van der Waals surface area contributed by atoms with Crippen molar-refractivity contribution in [1.82, 2.24) is 0 Å².